The molecule has 4 rings (SSSR count). The molecule has 0 unspecified atom stereocenters. The van der Waals surface area contributed by atoms with Crippen molar-refractivity contribution in [1.29, 1.82) is 0 Å². The Bertz CT molecular complexity index is 1380. The third kappa shape index (κ3) is 6.32. The van der Waals surface area contributed by atoms with Crippen molar-refractivity contribution in [3.8, 4) is 0 Å². The monoisotopic (exact) mass is 607 g/mol. The lowest BCUT2D eigenvalue weighted by atomic mass is 10.2. The molecule has 2 aromatic carbocycles. The van der Waals surface area contributed by atoms with Crippen molar-refractivity contribution in [1.82, 2.24) is 5.32 Å². The smallest absolute Gasteiger partial charge is 0.337 e. The summed E-state index contributed by atoms with van der Waals surface area (Å²) in [5, 5.41) is 2.88. The van der Waals surface area contributed by atoms with Crippen LogP contribution in [0, 0.1) is 6.92 Å². The molecule has 196 valence electrons. The second-order valence-corrected chi connectivity index (χ2v) is 12.2. The van der Waals surface area contributed by atoms with Gasteiger partial charge in [-0.05, 0) is 70.4 Å². The molecule has 12 heteroatoms. The Labute approximate surface area is 228 Å². The first-order valence-electron chi connectivity index (χ1n) is 11.4. The maximum absolute atomic E-state index is 13.1. The number of thiophene rings is 1. The zero-order valence-corrected chi connectivity index (χ0v) is 23.5. The number of anilines is 2. The van der Waals surface area contributed by atoms with E-state index in [-0.39, 0.29) is 16.5 Å². The number of hydrogen-bond acceptors (Lipinski definition) is 8. The third-order valence-corrected chi connectivity index (χ3v) is 9.76. The fourth-order valence-electron chi connectivity index (χ4n) is 3.89. The van der Waals surface area contributed by atoms with E-state index in [1.165, 1.54) is 31.4 Å². The van der Waals surface area contributed by atoms with Crippen LogP contribution in [-0.2, 0) is 26.0 Å². The molecular formula is C25H26BrN3O6S2. The number of hydrogen-bond donors (Lipinski definition) is 2. The van der Waals surface area contributed by atoms with Gasteiger partial charge in [0.15, 0.2) is 0 Å². The lowest BCUT2D eigenvalue weighted by Crippen LogP contribution is -2.36. The normalized spacial score (nSPS) is 13.8. The fraction of sp³-hybridized carbons (Fsp3) is 0.280. The molecule has 2 N–H and O–H groups in total. The Morgan fingerprint density at radius 2 is 1.73 bits per heavy atom. The highest BCUT2D eigenvalue weighted by Gasteiger charge is 2.28. The number of methoxy groups -OCH3 is 1. The van der Waals surface area contributed by atoms with E-state index in [1.807, 2.05) is 24.3 Å². The van der Waals surface area contributed by atoms with Gasteiger partial charge in [0, 0.05) is 31.0 Å². The Morgan fingerprint density at radius 1 is 1.08 bits per heavy atom. The van der Waals surface area contributed by atoms with Gasteiger partial charge in [-0.2, -0.15) is 0 Å². The standard InChI is InChI=1S/C25H26BrN3O6S2/c1-16-21(24(30)27-15-17-3-9-20(10-4-17)29-11-13-35-14-12-29)36-23(26)22(16)37(32,33)28-19-7-5-18(6-8-19)25(31)34-2/h3-10,28H,11-15H2,1-2H3,(H,27,30). The first-order valence-corrected chi connectivity index (χ1v) is 14.5. The van der Waals surface area contributed by atoms with Crippen LogP contribution in [0.2, 0.25) is 0 Å². The molecule has 37 heavy (non-hydrogen) atoms. The van der Waals surface area contributed by atoms with Crippen molar-refractivity contribution in [2.24, 2.45) is 0 Å². The van der Waals surface area contributed by atoms with Gasteiger partial charge in [0.2, 0.25) is 0 Å². The number of nitrogens with zero attached hydrogens (tertiary/aromatic N) is 1. The Hall–Kier alpha value is -2.93. The van der Waals surface area contributed by atoms with Crippen molar-refractivity contribution in [2.75, 3.05) is 43.0 Å². The highest BCUT2D eigenvalue weighted by atomic mass is 79.9. The molecule has 0 bridgehead atoms. The van der Waals surface area contributed by atoms with Crippen LogP contribution < -0.4 is 14.9 Å². The zero-order chi connectivity index (χ0) is 26.6. The summed E-state index contributed by atoms with van der Waals surface area (Å²) in [5.41, 5.74) is 2.96. The van der Waals surface area contributed by atoms with Crippen LogP contribution in [0.4, 0.5) is 11.4 Å². The van der Waals surface area contributed by atoms with Crippen LogP contribution in [0.3, 0.4) is 0 Å². The molecule has 1 amide bonds. The average molecular weight is 609 g/mol. The highest BCUT2D eigenvalue weighted by molar-refractivity contribution is 9.11. The summed E-state index contributed by atoms with van der Waals surface area (Å²) in [5.74, 6) is -0.876. The van der Waals surface area contributed by atoms with Crippen molar-refractivity contribution in [3.05, 3.63) is 73.9 Å². The fourth-order valence-corrected chi connectivity index (χ4v) is 7.94. The summed E-state index contributed by atoms with van der Waals surface area (Å²) in [7, 11) is -2.74. The number of rotatable bonds is 8. The quantitative estimate of drug-likeness (QED) is 0.369. The van der Waals surface area contributed by atoms with Gasteiger partial charge in [0.25, 0.3) is 15.9 Å². The lowest BCUT2D eigenvalue weighted by Gasteiger charge is -2.28. The number of amides is 1. The SMILES string of the molecule is COC(=O)c1ccc(NS(=O)(=O)c2c(Br)sc(C(=O)NCc3ccc(N4CCOCC4)cc3)c2C)cc1. The van der Waals surface area contributed by atoms with Crippen molar-refractivity contribution in [2.45, 2.75) is 18.4 Å². The molecule has 9 nitrogen and oxygen atoms in total. The minimum absolute atomic E-state index is 0.00504. The van der Waals surface area contributed by atoms with E-state index >= 15 is 0 Å². The van der Waals surface area contributed by atoms with Gasteiger partial charge in [-0.15, -0.1) is 11.3 Å². The van der Waals surface area contributed by atoms with Gasteiger partial charge < -0.3 is 19.7 Å². The van der Waals surface area contributed by atoms with Crippen molar-refractivity contribution < 1.29 is 27.5 Å². The summed E-state index contributed by atoms with van der Waals surface area (Å²) in [6.07, 6.45) is 0. The van der Waals surface area contributed by atoms with E-state index in [0.717, 1.165) is 35.7 Å². The average Bonchev–Trinajstić information content (AvgIpc) is 3.22. The van der Waals surface area contributed by atoms with Gasteiger partial charge in [-0.1, -0.05) is 12.1 Å². The number of nitrogens with one attached hydrogen (secondary N) is 2. The molecule has 3 aromatic rings. The number of halogens is 1. The van der Waals surface area contributed by atoms with Gasteiger partial charge in [0.05, 0.1) is 34.6 Å². The molecule has 1 aromatic heterocycles. The number of morpholine rings is 1. The molecule has 0 saturated carbocycles. The van der Waals surface area contributed by atoms with Gasteiger partial charge in [0.1, 0.15) is 4.90 Å². The van der Waals surface area contributed by atoms with Crippen molar-refractivity contribution in [3.63, 3.8) is 0 Å². The topological polar surface area (TPSA) is 114 Å². The number of benzene rings is 2. The molecule has 0 spiro atoms. The van der Waals surface area contributed by atoms with E-state index in [4.69, 9.17) is 4.74 Å². The van der Waals surface area contributed by atoms with E-state index in [9.17, 15) is 18.0 Å². The van der Waals surface area contributed by atoms with E-state index in [1.54, 1.807) is 6.92 Å². The van der Waals surface area contributed by atoms with Crippen LogP contribution in [0.25, 0.3) is 0 Å². The summed E-state index contributed by atoms with van der Waals surface area (Å²) in [6.45, 7) is 5.03. The van der Waals surface area contributed by atoms with Crippen LogP contribution in [0.15, 0.2) is 57.2 Å². The predicted octanol–water partition coefficient (Wildman–Crippen LogP) is 4.17. The number of ether oxygens (including phenoxy) is 2. The second kappa shape index (κ2) is 11.6. The summed E-state index contributed by atoms with van der Waals surface area (Å²) in [6, 6.07) is 13.8. The zero-order valence-electron chi connectivity index (χ0n) is 20.2. The number of carbonyl (C=O) groups excluding carboxylic acids is 2. The van der Waals surface area contributed by atoms with Crippen LogP contribution in [0.5, 0.6) is 0 Å². The predicted molar refractivity (Wildman–Crippen MR) is 146 cm³/mol. The molecule has 1 aliphatic rings. The minimum Gasteiger partial charge on any atom is -0.465 e. The lowest BCUT2D eigenvalue weighted by molar-refractivity contribution is 0.0600. The molecule has 1 fully saturated rings. The first-order chi connectivity index (χ1) is 17.7. The summed E-state index contributed by atoms with van der Waals surface area (Å²) >= 11 is 4.37. The minimum atomic E-state index is -4.00. The maximum atomic E-state index is 13.1. The molecule has 0 atom stereocenters. The summed E-state index contributed by atoms with van der Waals surface area (Å²) in [4.78, 5) is 27.1. The molecule has 1 aliphatic heterocycles. The largest absolute Gasteiger partial charge is 0.465 e. The number of sulfonamides is 1. The molecular weight excluding hydrogens is 582 g/mol. The maximum Gasteiger partial charge on any atom is 0.337 e. The van der Waals surface area contributed by atoms with Crippen LogP contribution in [-0.4, -0.2) is 53.7 Å². The molecule has 1 saturated heterocycles. The molecule has 0 aliphatic carbocycles. The molecule has 0 radical (unpaired) electrons. The number of carbonyl (C=O) groups is 2. The summed E-state index contributed by atoms with van der Waals surface area (Å²) < 4.78 is 39.1. The van der Waals surface area contributed by atoms with E-state index in [2.05, 4.69) is 35.6 Å². The first kappa shape index (κ1) is 27.1. The van der Waals surface area contributed by atoms with Gasteiger partial charge in [-0.3, -0.25) is 9.52 Å². The van der Waals surface area contributed by atoms with Gasteiger partial charge >= 0.3 is 5.97 Å². The Morgan fingerprint density at radius 3 is 2.35 bits per heavy atom. The van der Waals surface area contributed by atoms with Crippen molar-refractivity contribution >= 4 is 60.5 Å². The van der Waals surface area contributed by atoms with Gasteiger partial charge in [-0.25, -0.2) is 13.2 Å². The van der Waals surface area contributed by atoms with E-state index < -0.39 is 16.0 Å². The van der Waals surface area contributed by atoms with E-state index in [0.29, 0.717) is 39.5 Å². The van der Waals surface area contributed by atoms with Crippen LogP contribution in [0.1, 0.15) is 31.2 Å². The number of esters is 1. The van der Waals surface area contributed by atoms with Crippen LogP contribution >= 0.6 is 27.3 Å². The second-order valence-electron chi connectivity index (χ2n) is 8.28. The Balaban J connectivity index is 1.43. The Kier molecular flexibility index (Phi) is 8.53. The third-order valence-electron chi connectivity index (χ3n) is 5.85. The highest BCUT2D eigenvalue weighted by Crippen LogP contribution is 2.37. The molecule has 2 heterocycles.